The lowest BCUT2D eigenvalue weighted by Gasteiger charge is -2.59. The Balaban J connectivity index is 1.42. The maximum atomic E-state index is 14.9. The Morgan fingerprint density at radius 1 is 0.873 bits per heavy atom. The number of nitro groups is 2. The predicted molar refractivity (Wildman–Crippen MR) is 257 cm³/mol. The first-order valence-electron chi connectivity index (χ1n) is 23.7. The first kappa shape index (κ1) is 52.1. The first-order valence-corrected chi connectivity index (χ1v) is 23.7. The van der Waals surface area contributed by atoms with Crippen molar-refractivity contribution in [1.29, 1.82) is 0 Å². The number of benzene rings is 4. The zero-order valence-corrected chi connectivity index (χ0v) is 39.2. The highest BCUT2D eigenvalue weighted by Crippen LogP contribution is 2.62. The highest BCUT2D eigenvalue weighted by Gasteiger charge is 2.65. The number of rotatable bonds is 26. The lowest BCUT2D eigenvalue weighted by molar-refractivity contribution is -0.385. The summed E-state index contributed by atoms with van der Waals surface area (Å²) in [6, 6.07) is 21.6. The van der Waals surface area contributed by atoms with Gasteiger partial charge in [0.05, 0.1) is 47.9 Å². The van der Waals surface area contributed by atoms with E-state index in [2.05, 4.69) is 12.7 Å². The van der Waals surface area contributed by atoms with E-state index in [0.29, 0.717) is 66.9 Å². The van der Waals surface area contributed by atoms with E-state index in [9.17, 15) is 44.7 Å². The minimum absolute atomic E-state index is 0.00110. The van der Waals surface area contributed by atoms with Crippen LogP contribution in [0.5, 0.6) is 17.2 Å². The number of aliphatic hydroxyl groups is 3. The molecule has 0 aromatic heterocycles. The number of amides is 1. The van der Waals surface area contributed by atoms with E-state index >= 15 is 0 Å². The number of unbranched alkanes of at least 4 members (excludes halogenated alkanes) is 2. The van der Waals surface area contributed by atoms with Crippen LogP contribution in [0.1, 0.15) is 67.6 Å². The molecule has 7 rings (SSSR count). The Labute approximate surface area is 410 Å². The molecule has 71 heavy (non-hydrogen) atoms. The standard InChI is InChI=1S/C52H59FN4O14/c1-2-27-68-52-48(55(23-28-66-29-26-60)51(61)70-40-19-17-39(18-20-40)57(64)65)32-46(54-69-33-35-13-15-38(16-14-35)56(62)63)43-30-36(9-5-7-24-58)42(11-6-8-25-59)49(50(43)52)44-31-41(21-22-47(44)71-52)67-34-37-10-3-4-12-45(37)53/h2-4,10,12-22,30-31,36,42,48-50,58-60H,1,5-9,11,23-29,32-34H2/t36-,42+,48-,49+,50+,52+/m0/s1. The van der Waals surface area contributed by atoms with Gasteiger partial charge in [-0.15, -0.1) is 6.58 Å². The summed E-state index contributed by atoms with van der Waals surface area (Å²) < 4.78 is 47.1. The van der Waals surface area contributed by atoms with Crippen LogP contribution >= 0.6 is 0 Å². The van der Waals surface area contributed by atoms with Crippen LogP contribution in [0.2, 0.25) is 0 Å². The van der Waals surface area contributed by atoms with Crippen molar-refractivity contribution in [3.05, 3.63) is 158 Å². The lowest BCUT2D eigenvalue weighted by Crippen LogP contribution is -2.70. The van der Waals surface area contributed by atoms with Crippen LogP contribution in [-0.4, -0.2) is 99.9 Å². The number of hydrogen-bond acceptors (Lipinski definition) is 15. The number of nitro benzene ring substituents is 2. The molecule has 19 heteroatoms. The predicted octanol–water partition coefficient (Wildman–Crippen LogP) is 8.56. The topological polar surface area (TPSA) is 235 Å². The molecule has 18 nitrogen and oxygen atoms in total. The second kappa shape index (κ2) is 24.9. The molecule has 0 radical (unpaired) electrons. The molecule has 4 aromatic carbocycles. The molecular weight excluding hydrogens is 924 g/mol. The van der Waals surface area contributed by atoms with Crippen LogP contribution in [-0.2, 0) is 27.5 Å². The van der Waals surface area contributed by atoms with Gasteiger partial charge in [0.25, 0.3) is 11.4 Å². The van der Waals surface area contributed by atoms with Gasteiger partial charge in [-0.05, 0) is 97.2 Å². The summed E-state index contributed by atoms with van der Waals surface area (Å²) in [4.78, 5) is 44.2. The Kier molecular flexibility index (Phi) is 18.2. The largest absolute Gasteiger partial charge is 0.489 e. The third kappa shape index (κ3) is 12.4. The second-order valence-electron chi connectivity index (χ2n) is 17.5. The molecule has 4 aromatic rings. The van der Waals surface area contributed by atoms with E-state index in [0.717, 1.165) is 11.1 Å². The van der Waals surface area contributed by atoms with Crippen molar-refractivity contribution >= 4 is 23.2 Å². The number of carbonyl (C=O) groups excluding carboxylic acids is 1. The molecule has 3 aliphatic rings. The maximum Gasteiger partial charge on any atom is 0.415 e. The van der Waals surface area contributed by atoms with Crippen LogP contribution in [0.15, 0.2) is 120 Å². The van der Waals surface area contributed by atoms with Crippen molar-refractivity contribution in [1.82, 2.24) is 4.90 Å². The summed E-state index contributed by atoms with van der Waals surface area (Å²) in [5, 5.41) is 57.3. The molecule has 1 amide bonds. The number of fused-ring (bicyclic) bond motifs is 2. The van der Waals surface area contributed by atoms with Crippen LogP contribution in [0, 0.1) is 43.8 Å². The Morgan fingerprint density at radius 2 is 1.56 bits per heavy atom. The van der Waals surface area contributed by atoms with E-state index in [4.69, 9.17) is 33.7 Å². The SMILES string of the molecule is C=CCO[C@@]12Oc3ccc(OCc4ccccc4F)cc3[C@H]3[C@H](CCCCO)[C@@H](CCCCO)C=C(C(=NOCc4ccc([N+](=O)[O-])cc4)C[C@@H]1N(CCOCCO)C(=O)Oc1ccc([N+](=O)[O-])cc1)[C@H]32. The van der Waals surface area contributed by atoms with Crippen molar-refractivity contribution in [2.75, 3.05) is 46.2 Å². The second-order valence-corrected chi connectivity index (χ2v) is 17.5. The van der Waals surface area contributed by atoms with Gasteiger partial charge in [-0.2, -0.15) is 0 Å². The number of aliphatic hydroxyl groups excluding tert-OH is 3. The highest BCUT2D eigenvalue weighted by atomic mass is 19.1. The van der Waals surface area contributed by atoms with Gasteiger partial charge in [0.15, 0.2) is 0 Å². The summed E-state index contributed by atoms with van der Waals surface area (Å²) in [6.07, 6.45) is 6.56. The number of non-ortho nitro benzene ring substituents is 2. The fourth-order valence-corrected chi connectivity index (χ4v) is 9.91. The van der Waals surface area contributed by atoms with E-state index in [1.807, 2.05) is 6.07 Å². The molecular formula is C52H59FN4O14. The number of carbonyl (C=O) groups is 1. The minimum atomic E-state index is -1.72. The number of halogens is 1. The third-order valence-electron chi connectivity index (χ3n) is 13.1. The first-order chi connectivity index (χ1) is 34.5. The fourth-order valence-electron chi connectivity index (χ4n) is 9.91. The van der Waals surface area contributed by atoms with Gasteiger partial charge in [0.2, 0.25) is 5.79 Å². The molecule has 0 spiro atoms. The number of allylic oxidation sites excluding steroid dienone is 1. The van der Waals surface area contributed by atoms with Crippen molar-refractivity contribution < 1.29 is 62.9 Å². The van der Waals surface area contributed by atoms with Gasteiger partial charge in [0.1, 0.15) is 42.3 Å². The highest BCUT2D eigenvalue weighted by molar-refractivity contribution is 6.03. The Hall–Kier alpha value is -6.77. The van der Waals surface area contributed by atoms with Gasteiger partial charge in [-0.25, -0.2) is 9.18 Å². The van der Waals surface area contributed by atoms with Gasteiger partial charge < -0.3 is 43.8 Å². The molecule has 3 N–H and O–H groups in total. The molecule has 378 valence electrons. The van der Waals surface area contributed by atoms with E-state index < -0.39 is 45.4 Å². The molecule has 6 atom stereocenters. The quantitative estimate of drug-likeness (QED) is 0.0231. The summed E-state index contributed by atoms with van der Waals surface area (Å²) >= 11 is 0. The van der Waals surface area contributed by atoms with Crippen molar-refractivity contribution in [2.24, 2.45) is 22.9 Å². The number of hydrogen-bond donors (Lipinski definition) is 3. The Bertz CT molecular complexity index is 2520. The average Bonchev–Trinajstić information content (AvgIpc) is 3.37. The van der Waals surface area contributed by atoms with E-state index in [1.54, 1.807) is 48.5 Å². The summed E-state index contributed by atoms with van der Waals surface area (Å²) in [7, 11) is 0. The molecule has 1 aliphatic heterocycles. The summed E-state index contributed by atoms with van der Waals surface area (Å²) in [5.74, 6) is -2.73. The molecule has 0 unspecified atom stereocenters. The molecule has 1 heterocycles. The summed E-state index contributed by atoms with van der Waals surface area (Å²) in [5.41, 5.74) is 2.57. The zero-order chi connectivity index (χ0) is 50.3. The normalized spacial score (nSPS) is 21.5. The number of oxime groups is 1. The molecule has 2 aliphatic carbocycles. The van der Waals surface area contributed by atoms with Gasteiger partial charge >= 0.3 is 6.09 Å². The maximum absolute atomic E-state index is 14.9. The smallest absolute Gasteiger partial charge is 0.415 e. The fraction of sp³-hybridized carbons (Fsp3) is 0.423. The van der Waals surface area contributed by atoms with Crippen LogP contribution in [0.3, 0.4) is 0 Å². The van der Waals surface area contributed by atoms with Crippen molar-refractivity contribution in [3.63, 3.8) is 0 Å². The van der Waals surface area contributed by atoms with Gasteiger partial charge in [-0.1, -0.05) is 48.3 Å². The van der Waals surface area contributed by atoms with Crippen LogP contribution in [0.25, 0.3) is 0 Å². The van der Waals surface area contributed by atoms with Crippen molar-refractivity contribution in [2.45, 2.75) is 75.9 Å². The van der Waals surface area contributed by atoms with Crippen molar-refractivity contribution in [3.8, 4) is 17.2 Å². The summed E-state index contributed by atoms with van der Waals surface area (Å²) in [6.45, 7) is 3.26. The Morgan fingerprint density at radius 3 is 2.24 bits per heavy atom. The van der Waals surface area contributed by atoms with Crippen LogP contribution in [0.4, 0.5) is 20.6 Å². The molecule has 0 bridgehead atoms. The average molecular weight is 983 g/mol. The number of nitrogens with zero attached hydrogens (tertiary/aromatic N) is 4. The van der Waals surface area contributed by atoms with Crippen LogP contribution < -0.4 is 14.2 Å². The zero-order valence-electron chi connectivity index (χ0n) is 39.2. The van der Waals surface area contributed by atoms with E-state index in [-0.39, 0.29) is 94.8 Å². The van der Waals surface area contributed by atoms with E-state index in [1.165, 1.54) is 47.4 Å². The third-order valence-corrected chi connectivity index (χ3v) is 13.1. The molecule has 1 fully saturated rings. The van der Waals surface area contributed by atoms with Gasteiger partial charge in [-0.3, -0.25) is 25.1 Å². The molecule has 0 saturated heterocycles. The molecule has 1 saturated carbocycles. The lowest BCUT2D eigenvalue weighted by atomic mass is 9.55. The minimum Gasteiger partial charge on any atom is -0.489 e. The van der Waals surface area contributed by atoms with Gasteiger partial charge in [0, 0.05) is 67.5 Å². The monoisotopic (exact) mass is 982 g/mol. The number of ether oxygens (including phenoxy) is 5.